The molecule has 0 fully saturated rings. The number of phosphoric acid groups is 1. The van der Waals surface area contributed by atoms with Crippen LogP contribution >= 0.6 is 7.82 Å². The van der Waals surface area contributed by atoms with Crippen LogP contribution in [0.15, 0.2) is 0 Å². The van der Waals surface area contributed by atoms with Crippen LogP contribution in [0.25, 0.3) is 0 Å². The van der Waals surface area contributed by atoms with Gasteiger partial charge in [0.1, 0.15) is 12.2 Å². The molecule has 3 N–H and O–H groups in total. The van der Waals surface area contributed by atoms with Gasteiger partial charge in [-0.2, -0.15) is 0 Å². The predicted molar refractivity (Wildman–Crippen MR) is 224 cm³/mol. The third-order valence-corrected chi connectivity index (χ3v) is 11.3. The third-order valence-electron chi connectivity index (χ3n) is 10.3. The molecular formula is C44H87O10P. The van der Waals surface area contributed by atoms with Crippen LogP contribution in [0.1, 0.15) is 232 Å². The number of unbranched alkanes of at least 4 members (excludes halogenated alkanes) is 30. The van der Waals surface area contributed by atoms with Crippen molar-refractivity contribution < 1.29 is 47.8 Å². The van der Waals surface area contributed by atoms with Crippen molar-refractivity contribution in [2.75, 3.05) is 26.4 Å². The molecule has 0 aromatic rings. The molecule has 0 aromatic carbocycles. The Balaban J connectivity index is 3.85. The number of esters is 2. The maximum Gasteiger partial charge on any atom is 0.472 e. The van der Waals surface area contributed by atoms with Crippen molar-refractivity contribution in [2.24, 2.45) is 0 Å². The van der Waals surface area contributed by atoms with Crippen molar-refractivity contribution in [1.82, 2.24) is 0 Å². The summed E-state index contributed by atoms with van der Waals surface area (Å²) in [5.41, 5.74) is 0. The van der Waals surface area contributed by atoms with E-state index in [0.29, 0.717) is 12.8 Å². The first-order chi connectivity index (χ1) is 26.8. The Bertz CT molecular complexity index is 823. The van der Waals surface area contributed by atoms with E-state index in [1.54, 1.807) is 0 Å². The van der Waals surface area contributed by atoms with Crippen LogP contribution < -0.4 is 0 Å². The van der Waals surface area contributed by atoms with Crippen LogP contribution in [-0.4, -0.2) is 65.7 Å². The SMILES string of the molecule is CCCCCCCCCCCCCCCCCCC(=O)OC(CO)COP(=O)(O)OCC(CO)OC(=O)CCCCCCCCCCCCCCCCCC. The summed E-state index contributed by atoms with van der Waals surface area (Å²) in [5, 5.41) is 19.2. The first-order valence-electron chi connectivity index (χ1n) is 23.0. The number of rotatable bonds is 44. The lowest BCUT2D eigenvalue weighted by Crippen LogP contribution is -2.28. The molecule has 0 bridgehead atoms. The number of ether oxygens (including phenoxy) is 2. The number of hydrogen-bond donors (Lipinski definition) is 3. The summed E-state index contributed by atoms with van der Waals surface area (Å²) in [4.78, 5) is 34.5. The van der Waals surface area contributed by atoms with Gasteiger partial charge in [-0.3, -0.25) is 18.6 Å². The lowest BCUT2D eigenvalue weighted by atomic mass is 10.0. The number of aliphatic hydroxyl groups excluding tert-OH is 2. The van der Waals surface area contributed by atoms with Gasteiger partial charge in [0.05, 0.1) is 26.4 Å². The molecule has 2 atom stereocenters. The molecule has 328 valence electrons. The Morgan fingerprint density at radius 1 is 0.418 bits per heavy atom. The van der Waals surface area contributed by atoms with Crippen molar-refractivity contribution in [3.05, 3.63) is 0 Å². The van der Waals surface area contributed by atoms with E-state index in [-0.39, 0.29) is 12.8 Å². The summed E-state index contributed by atoms with van der Waals surface area (Å²) in [6.45, 7) is 2.26. The predicted octanol–water partition coefficient (Wildman–Crippen LogP) is 12.2. The molecule has 0 saturated heterocycles. The maximum absolute atomic E-state index is 12.4. The minimum absolute atomic E-state index is 0.200. The van der Waals surface area contributed by atoms with Gasteiger partial charge in [0, 0.05) is 12.8 Å². The second-order valence-corrected chi connectivity index (χ2v) is 17.2. The summed E-state index contributed by atoms with van der Waals surface area (Å²) in [6, 6.07) is 0. The molecule has 0 saturated carbocycles. The summed E-state index contributed by atoms with van der Waals surface area (Å²) in [7, 11) is -4.63. The molecule has 0 heterocycles. The largest absolute Gasteiger partial charge is 0.472 e. The molecule has 55 heavy (non-hydrogen) atoms. The minimum atomic E-state index is -4.63. The highest BCUT2D eigenvalue weighted by molar-refractivity contribution is 7.47. The highest BCUT2D eigenvalue weighted by Gasteiger charge is 2.27. The lowest BCUT2D eigenvalue weighted by Gasteiger charge is -2.20. The van der Waals surface area contributed by atoms with Gasteiger partial charge in [0.2, 0.25) is 0 Å². The molecule has 0 radical (unpaired) electrons. The Morgan fingerprint density at radius 2 is 0.636 bits per heavy atom. The van der Waals surface area contributed by atoms with E-state index < -0.39 is 58.4 Å². The van der Waals surface area contributed by atoms with E-state index in [0.717, 1.165) is 38.5 Å². The summed E-state index contributed by atoms with van der Waals surface area (Å²) >= 11 is 0. The second-order valence-electron chi connectivity index (χ2n) is 15.8. The molecule has 11 heteroatoms. The smallest absolute Gasteiger partial charge is 0.457 e. The molecule has 2 unspecified atom stereocenters. The molecule has 0 rings (SSSR count). The van der Waals surface area contributed by atoms with Gasteiger partial charge in [-0.05, 0) is 12.8 Å². The molecule has 0 aliphatic heterocycles. The standard InChI is InChI=1S/C44H87O10P/c1-3-5-7-9-11-13-15-17-19-21-23-25-27-29-31-33-35-43(47)53-41(37-45)39-51-55(49,50)52-40-42(38-46)54-44(48)36-34-32-30-28-26-24-22-20-18-16-14-12-10-8-6-4-2/h41-42,45-46H,3-40H2,1-2H3,(H,49,50). The van der Waals surface area contributed by atoms with Crippen LogP contribution in [0.4, 0.5) is 0 Å². The van der Waals surface area contributed by atoms with Gasteiger partial charge >= 0.3 is 19.8 Å². The third kappa shape index (κ3) is 39.6. The quantitative estimate of drug-likeness (QED) is 0.0308. The van der Waals surface area contributed by atoms with Gasteiger partial charge in [-0.25, -0.2) is 4.57 Å². The Labute approximate surface area is 337 Å². The van der Waals surface area contributed by atoms with Crippen molar-refractivity contribution in [3.8, 4) is 0 Å². The van der Waals surface area contributed by atoms with Crippen LogP contribution in [-0.2, 0) is 32.7 Å². The van der Waals surface area contributed by atoms with E-state index in [4.69, 9.17) is 18.5 Å². The van der Waals surface area contributed by atoms with Gasteiger partial charge in [-0.15, -0.1) is 0 Å². The van der Waals surface area contributed by atoms with E-state index in [1.165, 1.54) is 154 Å². The number of hydrogen-bond acceptors (Lipinski definition) is 9. The molecule has 10 nitrogen and oxygen atoms in total. The zero-order valence-corrected chi connectivity index (χ0v) is 36.6. The normalized spacial score (nSPS) is 13.8. The highest BCUT2D eigenvalue weighted by Crippen LogP contribution is 2.43. The zero-order chi connectivity index (χ0) is 40.5. The van der Waals surface area contributed by atoms with E-state index in [1.807, 2.05) is 0 Å². The van der Waals surface area contributed by atoms with Gasteiger partial charge < -0.3 is 24.6 Å². The summed E-state index contributed by atoms with van der Waals surface area (Å²) < 4.78 is 32.6. The summed E-state index contributed by atoms with van der Waals surface area (Å²) in [6.07, 6.45) is 37.8. The molecule has 0 aromatic heterocycles. The van der Waals surface area contributed by atoms with E-state index >= 15 is 0 Å². The van der Waals surface area contributed by atoms with Gasteiger partial charge in [0.15, 0.2) is 0 Å². The lowest BCUT2D eigenvalue weighted by molar-refractivity contribution is -0.153. The van der Waals surface area contributed by atoms with Crippen molar-refractivity contribution in [2.45, 2.75) is 244 Å². The minimum Gasteiger partial charge on any atom is -0.457 e. The fourth-order valence-corrected chi connectivity index (χ4v) is 7.55. The second kappa shape index (κ2) is 41.1. The van der Waals surface area contributed by atoms with Crippen LogP contribution in [0.2, 0.25) is 0 Å². The van der Waals surface area contributed by atoms with Gasteiger partial charge in [0.25, 0.3) is 0 Å². The molecule has 0 spiro atoms. The first-order valence-corrected chi connectivity index (χ1v) is 24.5. The fraction of sp³-hybridized carbons (Fsp3) is 0.955. The average molecular weight is 807 g/mol. The van der Waals surface area contributed by atoms with Crippen molar-refractivity contribution in [3.63, 3.8) is 0 Å². The highest BCUT2D eigenvalue weighted by atomic mass is 31.2. The number of carbonyl (C=O) groups excluding carboxylic acids is 2. The Kier molecular flexibility index (Phi) is 40.4. The van der Waals surface area contributed by atoms with E-state index in [2.05, 4.69) is 13.8 Å². The number of aliphatic hydroxyl groups is 2. The summed E-state index contributed by atoms with van der Waals surface area (Å²) in [5.74, 6) is -1.00. The zero-order valence-electron chi connectivity index (χ0n) is 35.7. The number of carbonyl (C=O) groups is 2. The first kappa shape index (κ1) is 54.0. The average Bonchev–Trinajstić information content (AvgIpc) is 3.17. The Hall–Kier alpha value is -1.03. The van der Waals surface area contributed by atoms with Crippen LogP contribution in [0, 0.1) is 0 Å². The monoisotopic (exact) mass is 807 g/mol. The maximum atomic E-state index is 12.4. The number of phosphoric ester groups is 1. The fourth-order valence-electron chi connectivity index (χ4n) is 6.76. The van der Waals surface area contributed by atoms with Crippen LogP contribution in [0.5, 0.6) is 0 Å². The van der Waals surface area contributed by atoms with Crippen molar-refractivity contribution in [1.29, 1.82) is 0 Å². The molecule has 0 amide bonds. The molecular weight excluding hydrogens is 719 g/mol. The van der Waals surface area contributed by atoms with E-state index in [9.17, 15) is 29.3 Å². The molecule has 0 aliphatic rings. The van der Waals surface area contributed by atoms with Gasteiger partial charge in [-0.1, -0.05) is 206 Å². The Morgan fingerprint density at radius 3 is 0.855 bits per heavy atom. The van der Waals surface area contributed by atoms with Crippen LogP contribution in [0.3, 0.4) is 0 Å². The van der Waals surface area contributed by atoms with Crippen molar-refractivity contribution >= 4 is 19.8 Å². The molecule has 0 aliphatic carbocycles. The topological polar surface area (TPSA) is 149 Å².